The van der Waals surface area contributed by atoms with Gasteiger partial charge in [0.15, 0.2) is 0 Å². The van der Waals surface area contributed by atoms with Gasteiger partial charge in [-0.1, -0.05) is 36.4 Å². The predicted octanol–water partition coefficient (Wildman–Crippen LogP) is 1.12. The Labute approximate surface area is 85.5 Å². The Morgan fingerprint density at radius 2 is 1.67 bits per heavy atom. The molecule has 4 nitrogen and oxygen atoms in total. The molecule has 0 heterocycles. The van der Waals surface area contributed by atoms with E-state index in [1.807, 2.05) is 0 Å². The van der Waals surface area contributed by atoms with Gasteiger partial charge in [-0.25, -0.2) is 0 Å². The zero-order valence-electron chi connectivity index (χ0n) is 7.68. The molecule has 1 aromatic rings. The number of fused-ring (bicyclic) bond motifs is 1. The Kier molecular flexibility index (Phi) is 1.86. The Hall–Kier alpha value is -2.10. The lowest BCUT2D eigenvalue weighted by atomic mass is 9.83. The van der Waals surface area contributed by atoms with Crippen LogP contribution in [0, 0.1) is 0 Å². The van der Waals surface area contributed by atoms with E-state index in [4.69, 9.17) is 10.2 Å². The first-order valence-corrected chi connectivity index (χ1v) is 4.34. The number of carbonyl (C=O) groups is 2. The molecule has 0 spiro atoms. The highest BCUT2D eigenvalue weighted by atomic mass is 16.4. The highest BCUT2D eigenvalue weighted by Gasteiger charge is 2.49. The highest BCUT2D eigenvalue weighted by Crippen LogP contribution is 2.36. The maximum atomic E-state index is 11.1. The molecular formula is C11H8O4. The van der Waals surface area contributed by atoms with E-state index in [2.05, 4.69) is 0 Å². The molecular weight excluding hydrogens is 196 g/mol. The third-order valence-corrected chi connectivity index (χ3v) is 2.57. The fourth-order valence-corrected chi connectivity index (χ4v) is 1.77. The number of carboxylic acids is 2. The molecule has 2 N–H and O–H groups in total. The first-order chi connectivity index (χ1) is 7.09. The second kappa shape index (κ2) is 2.95. The molecule has 0 radical (unpaired) electrons. The van der Waals surface area contributed by atoms with Crippen molar-refractivity contribution >= 4 is 18.0 Å². The Balaban J connectivity index is 2.70. The molecule has 0 amide bonds. The Morgan fingerprint density at radius 1 is 1.07 bits per heavy atom. The second-order valence-electron chi connectivity index (χ2n) is 3.34. The summed E-state index contributed by atoms with van der Waals surface area (Å²) in [4.78, 5) is 22.2. The molecule has 1 aliphatic rings. The molecule has 1 aliphatic carbocycles. The topological polar surface area (TPSA) is 74.6 Å². The molecule has 15 heavy (non-hydrogen) atoms. The predicted molar refractivity (Wildman–Crippen MR) is 52.4 cm³/mol. The fourth-order valence-electron chi connectivity index (χ4n) is 1.77. The summed E-state index contributed by atoms with van der Waals surface area (Å²) >= 11 is 0. The van der Waals surface area contributed by atoms with Crippen LogP contribution in [0.25, 0.3) is 6.08 Å². The van der Waals surface area contributed by atoms with E-state index in [-0.39, 0.29) is 0 Å². The summed E-state index contributed by atoms with van der Waals surface area (Å²) in [6, 6.07) is 6.59. The van der Waals surface area contributed by atoms with Crippen LogP contribution in [0.1, 0.15) is 11.1 Å². The van der Waals surface area contributed by atoms with Crippen LogP contribution in [-0.2, 0) is 15.0 Å². The molecule has 76 valence electrons. The SMILES string of the molecule is O=C(O)C1(C(=O)O)C=Cc2ccccc21. The van der Waals surface area contributed by atoms with E-state index in [0.717, 1.165) is 0 Å². The van der Waals surface area contributed by atoms with Gasteiger partial charge in [-0.3, -0.25) is 9.59 Å². The second-order valence-corrected chi connectivity index (χ2v) is 3.34. The van der Waals surface area contributed by atoms with Gasteiger partial charge in [0.25, 0.3) is 0 Å². The molecule has 0 unspecified atom stereocenters. The van der Waals surface area contributed by atoms with Crippen molar-refractivity contribution in [3.8, 4) is 0 Å². The van der Waals surface area contributed by atoms with Crippen LogP contribution in [0.2, 0.25) is 0 Å². The van der Waals surface area contributed by atoms with Crippen LogP contribution in [0.15, 0.2) is 30.3 Å². The smallest absolute Gasteiger partial charge is 0.329 e. The van der Waals surface area contributed by atoms with Crippen LogP contribution >= 0.6 is 0 Å². The number of hydrogen-bond donors (Lipinski definition) is 2. The highest BCUT2D eigenvalue weighted by molar-refractivity contribution is 6.10. The van der Waals surface area contributed by atoms with Gasteiger partial charge in [0, 0.05) is 0 Å². The molecule has 0 saturated heterocycles. The summed E-state index contributed by atoms with van der Waals surface area (Å²) in [6.07, 6.45) is 2.74. The standard InChI is InChI=1S/C11H8O4/c12-9(13)11(10(14)15)6-5-7-3-1-2-4-8(7)11/h1-6H,(H,12,13)(H,14,15). The number of carboxylic acid groups (broad SMARTS) is 2. The van der Waals surface area contributed by atoms with Crippen molar-refractivity contribution in [2.75, 3.05) is 0 Å². The summed E-state index contributed by atoms with van der Waals surface area (Å²) in [5.74, 6) is -2.73. The van der Waals surface area contributed by atoms with E-state index < -0.39 is 17.4 Å². The van der Waals surface area contributed by atoms with Gasteiger partial charge < -0.3 is 10.2 Å². The van der Waals surface area contributed by atoms with Crippen LogP contribution in [0.4, 0.5) is 0 Å². The molecule has 1 aromatic carbocycles. The minimum Gasteiger partial charge on any atom is -0.480 e. The Morgan fingerprint density at radius 3 is 2.27 bits per heavy atom. The number of hydrogen-bond acceptors (Lipinski definition) is 2. The Bertz CT molecular complexity index is 459. The largest absolute Gasteiger partial charge is 0.480 e. The third-order valence-electron chi connectivity index (χ3n) is 2.57. The van der Waals surface area contributed by atoms with Crippen molar-refractivity contribution in [1.29, 1.82) is 0 Å². The van der Waals surface area contributed by atoms with Gasteiger partial charge >= 0.3 is 11.9 Å². The minimum absolute atomic E-state index is 0.310. The first-order valence-electron chi connectivity index (χ1n) is 4.34. The van der Waals surface area contributed by atoms with Crippen LogP contribution in [-0.4, -0.2) is 22.2 Å². The number of aliphatic carboxylic acids is 2. The summed E-state index contributed by atoms with van der Waals surface area (Å²) < 4.78 is 0. The number of rotatable bonds is 2. The molecule has 0 saturated carbocycles. The molecule has 4 heteroatoms. The molecule has 2 rings (SSSR count). The fraction of sp³-hybridized carbons (Fsp3) is 0.0909. The van der Waals surface area contributed by atoms with Crippen molar-refractivity contribution in [3.63, 3.8) is 0 Å². The molecule has 0 aliphatic heterocycles. The van der Waals surface area contributed by atoms with Crippen molar-refractivity contribution < 1.29 is 19.8 Å². The van der Waals surface area contributed by atoms with Crippen LogP contribution in [0.5, 0.6) is 0 Å². The maximum Gasteiger partial charge on any atom is 0.329 e. The average Bonchev–Trinajstić information content (AvgIpc) is 2.57. The van der Waals surface area contributed by atoms with E-state index in [1.54, 1.807) is 18.2 Å². The molecule has 0 bridgehead atoms. The minimum atomic E-state index is -1.92. The monoisotopic (exact) mass is 204 g/mol. The van der Waals surface area contributed by atoms with E-state index in [9.17, 15) is 9.59 Å². The summed E-state index contributed by atoms with van der Waals surface area (Å²) in [7, 11) is 0. The lowest BCUT2D eigenvalue weighted by Gasteiger charge is -2.18. The number of benzene rings is 1. The van der Waals surface area contributed by atoms with Crippen molar-refractivity contribution in [2.24, 2.45) is 0 Å². The van der Waals surface area contributed by atoms with Gasteiger partial charge in [-0.15, -0.1) is 0 Å². The van der Waals surface area contributed by atoms with Gasteiger partial charge in [0.05, 0.1) is 0 Å². The summed E-state index contributed by atoms with van der Waals surface area (Å²) in [5, 5.41) is 18.1. The van der Waals surface area contributed by atoms with Crippen LogP contribution in [0.3, 0.4) is 0 Å². The van der Waals surface area contributed by atoms with Gasteiger partial charge in [0.2, 0.25) is 5.41 Å². The first kappa shape index (κ1) is 9.45. The molecule has 0 atom stereocenters. The lowest BCUT2D eigenvalue weighted by Crippen LogP contribution is -2.40. The van der Waals surface area contributed by atoms with E-state index in [1.165, 1.54) is 18.2 Å². The molecule has 0 aromatic heterocycles. The average molecular weight is 204 g/mol. The van der Waals surface area contributed by atoms with Crippen molar-refractivity contribution in [2.45, 2.75) is 5.41 Å². The zero-order valence-corrected chi connectivity index (χ0v) is 7.68. The van der Waals surface area contributed by atoms with Crippen LogP contribution < -0.4 is 0 Å². The van der Waals surface area contributed by atoms with Crippen molar-refractivity contribution in [3.05, 3.63) is 41.5 Å². The van der Waals surface area contributed by atoms with Gasteiger partial charge in [-0.05, 0) is 11.1 Å². The zero-order chi connectivity index (χ0) is 11.1. The van der Waals surface area contributed by atoms with Gasteiger partial charge in [0.1, 0.15) is 0 Å². The van der Waals surface area contributed by atoms with Crippen molar-refractivity contribution in [1.82, 2.24) is 0 Å². The van der Waals surface area contributed by atoms with E-state index in [0.29, 0.717) is 11.1 Å². The lowest BCUT2D eigenvalue weighted by molar-refractivity contribution is -0.154. The third kappa shape index (κ3) is 1.08. The quantitative estimate of drug-likeness (QED) is 0.708. The van der Waals surface area contributed by atoms with Gasteiger partial charge in [-0.2, -0.15) is 0 Å². The maximum absolute atomic E-state index is 11.1. The normalized spacial score (nSPS) is 16.0. The summed E-state index contributed by atoms with van der Waals surface area (Å²) in [6.45, 7) is 0. The molecule has 0 fully saturated rings. The summed E-state index contributed by atoms with van der Waals surface area (Å²) in [5.41, 5.74) is -0.969. The van der Waals surface area contributed by atoms with E-state index >= 15 is 0 Å².